The molecule has 1 aromatic rings. The van der Waals surface area contributed by atoms with Gasteiger partial charge in [-0.25, -0.2) is 4.79 Å². The summed E-state index contributed by atoms with van der Waals surface area (Å²) in [6.07, 6.45) is 7.97. The van der Waals surface area contributed by atoms with Gasteiger partial charge in [-0.05, 0) is 18.8 Å². The summed E-state index contributed by atoms with van der Waals surface area (Å²) in [5, 5.41) is 15.7. The maximum Gasteiger partial charge on any atom is 0.331 e. The topological polar surface area (TPSA) is 84.2 Å². The van der Waals surface area contributed by atoms with E-state index in [2.05, 4.69) is 10.4 Å². The predicted molar refractivity (Wildman–Crippen MR) is 68.3 cm³/mol. The molecule has 0 aliphatic heterocycles. The molecule has 6 heteroatoms. The molecule has 0 spiro atoms. The number of rotatable bonds is 5. The molecule has 0 radical (unpaired) electrons. The van der Waals surface area contributed by atoms with Crippen molar-refractivity contribution in [3.8, 4) is 0 Å². The molecule has 19 heavy (non-hydrogen) atoms. The van der Waals surface area contributed by atoms with Gasteiger partial charge in [0.2, 0.25) is 5.91 Å². The van der Waals surface area contributed by atoms with Gasteiger partial charge < -0.3 is 10.4 Å². The van der Waals surface area contributed by atoms with E-state index in [1.54, 1.807) is 13.2 Å². The average Bonchev–Trinajstić information content (AvgIpc) is 2.97. The second-order valence-electron chi connectivity index (χ2n) is 5.14. The number of aryl methyl sites for hydroxylation is 1. The minimum atomic E-state index is -1.06. The molecule has 1 fully saturated rings. The van der Waals surface area contributed by atoms with E-state index >= 15 is 0 Å². The Morgan fingerprint density at radius 1 is 1.53 bits per heavy atom. The zero-order chi connectivity index (χ0) is 13.8. The maximum atomic E-state index is 11.9. The smallest absolute Gasteiger partial charge is 0.331 e. The van der Waals surface area contributed by atoms with E-state index in [0.717, 1.165) is 12.8 Å². The van der Waals surface area contributed by atoms with Crippen LogP contribution in [0.15, 0.2) is 12.4 Å². The minimum absolute atomic E-state index is 0.192. The first kappa shape index (κ1) is 13.6. The fourth-order valence-corrected chi connectivity index (χ4v) is 2.57. The number of carbonyl (C=O) groups excluding carboxylic acids is 1. The molecule has 0 saturated heterocycles. The van der Waals surface area contributed by atoms with Gasteiger partial charge in [0.15, 0.2) is 6.04 Å². The fourth-order valence-electron chi connectivity index (χ4n) is 2.57. The van der Waals surface area contributed by atoms with Gasteiger partial charge in [0.05, 0.1) is 6.20 Å². The molecule has 104 valence electrons. The SMILES string of the molecule is Cn1cc(C(NC(=O)CC2CCCC2)C(=O)O)cn1. The van der Waals surface area contributed by atoms with Crippen LogP contribution in [0, 0.1) is 5.92 Å². The van der Waals surface area contributed by atoms with E-state index < -0.39 is 12.0 Å². The van der Waals surface area contributed by atoms with Gasteiger partial charge in [0.25, 0.3) is 0 Å². The second-order valence-corrected chi connectivity index (χ2v) is 5.14. The molecule has 1 saturated carbocycles. The van der Waals surface area contributed by atoms with Crippen LogP contribution >= 0.6 is 0 Å². The summed E-state index contributed by atoms with van der Waals surface area (Å²) in [5.41, 5.74) is 0.495. The zero-order valence-electron chi connectivity index (χ0n) is 11.0. The van der Waals surface area contributed by atoms with Crippen LogP contribution in [0.2, 0.25) is 0 Å². The molecule has 2 rings (SSSR count). The van der Waals surface area contributed by atoms with Gasteiger partial charge in [-0.1, -0.05) is 12.8 Å². The quantitative estimate of drug-likeness (QED) is 0.839. The van der Waals surface area contributed by atoms with Crippen molar-refractivity contribution in [1.82, 2.24) is 15.1 Å². The van der Waals surface area contributed by atoms with Crippen LogP contribution in [0.5, 0.6) is 0 Å². The second kappa shape index (κ2) is 5.86. The molecule has 6 nitrogen and oxygen atoms in total. The van der Waals surface area contributed by atoms with Crippen LogP contribution in [0.4, 0.5) is 0 Å². The molecule has 1 aromatic heterocycles. The lowest BCUT2D eigenvalue weighted by Crippen LogP contribution is -2.34. The molecule has 2 N–H and O–H groups in total. The van der Waals surface area contributed by atoms with Crippen molar-refractivity contribution >= 4 is 11.9 Å². The molecular formula is C13H19N3O3. The Kier molecular flexibility index (Phi) is 4.19. The molecule has 1 amide bonds. The van der Waals surface area contributed by atoms with Gasteiger partial charge >= 0.3 is 5.97 Å². The molecule has 1 aliphatic rings. The number of carboxylic acids is 1. The number of aliphatic carboxylic acids is 1. The Morgan fingerprint density at radius 3 is 2.74 bits per heavy atom. The third-order valence-corrected chi connectivity index (χ3v) is 3.56. The summed E-state index contributed by atoms with van der Waals surface area (Å²) in [6, 6.07) is -1.01. The van der Waals surface area contributed by atoms with Crippen molar-refractivity contribution in [1.29, 1.82) is 0 Å². The highest BCUT2D eigenvalue weighted by atomic mass is 16.4. The van der Waals surface area contributed by atoms with Crippen LogP contribution in [0.25, 0.3) is 0 Å². The Hall–Kier alpha value is -1.85. The van der Waals surface area contributed by atoms with Crippen LogP contribution in [0.3, 0.4) is 0 Å². The number of carbonyl (C=O) groups is 2. The number of aromatic nitrogens is 2. The van der Waals surface area contributed by atoms with Crippen molar-refractivity contribution in [3.63, 3.8) is 0 Å². The average molecular weight is 265 g/mol. The van der Waals surface area contributed by atoms with Crippen molar-refractivity contribution in [3.05, 3.63) is 18.0 Å². The van der Waals surface area contributed by atoms with Crippen molar-refractivity contribution in [2.75, 3.05) is 0 Å². The first-order valence-corrected chi connectivity index (χ1v) is 6.57. The number of hydrogen-bond acceptors (Lipinski definition) is 3. The van der Waals surface area contributed by atoms with E-state index in [-0.39, 0.29) is 5.91 Å². The van der Waals surface area contributed by atoms with Crippen LogP contribution in [-0.2, 0) is 16.6 Å². The summed E-state index contributed by atoms with van der Waals surface area (Å²) in [6.45, 7) is 0. The van der Waals surface area contributed by atoms with Gasteiger partial charge in [-0.3, -0.25) is 9.48 Å². The highest BCUT2D eigenvalue weighted by Gasteiger charge is 2.25. The van der Waals surface area contributed by atoms with Gasteiger partial charge in [0, 0.05) is 25.2 Å². The third kappa shape index (κ3) is 3.56. The van der Waals surface area contributed by atoms with Crippen LogP contribution in [0.1, 0.15) is 43.7 Å². The fraction of sp³-hybridized carbons (Fsp3) is 0.615. The predicted octanol–water partition coefficient (Wildman–Crippen LogP) is 1.24. The minimum Gasteiger partial charge on any atom is -0.479 e. The monoisotopic (exact) mass is 265 g/mol. The lowest BCUT2D eigenvalue weighted by molar-refractivity contribution is -0.142. The standard InChI is InChI=1S/C13H19N3O3/c1-16-8-10(7-14-16)12(13(18)19)15-11(17)6-9-4-2-3-5-9/h7-9,12H,2-6H2,1H3,(H,15,17)(H,18,19). The molecule has 1 heterocycles. The number of amides is 1. The van der Waals surface area contributed by atoms with Crippen LogP contribution in [-0.4, -0.2) is 26.8 Å². The normalized spacial score (nSPS) is 17.3. The van der Waals surface area contributed by atoms with E-state index in [1.165, 1.54) is 23.7 Å². The molecule has 1 aliphatic carbocycles. The Balaban J connectivity index is 1.96. The Labute approximate surface area is 111 Å². The van der Waals surface area contributed by atoms with Crippen LogP contribution < -0.4 is 5.32 Å². The van der Waals surface area contributed by atoms with E-state index in [9.17, 15) is 14.7 Å². The summed E-state index contributed by atoms with van der Waals surface area (Å²) in [5.74, 6) is -0.848. The summed E-state index contributed by atoms with van der Waals surface area (Å²) < 4.78 is 1.52. The number of nitrogens with one attached hydrogen (secondary N) is 1. The van der Waals surface area contributed by atoms with Crippen molar-refractivity contribution in [2.45, 2.75) is 38.1 Å². The highest BCUT2D eigenvalue weighted by Crippen LogP contribution is 2.27. The van der Waals surface area contributed by atoms with E-state index in [0.29, 0.717) is 17.9 Å². The summed E-state index contributed by atoms with van der Waals surface area (Å²) >= 11 is 0. The molecular weight excluding hydrogens is 246 g/mol. The lowest BCUT2D eigenvalue weighted by Gasteiger charge is -2.14. The zero-order valence-corrected chi connectivity index (χ0v) is 11.0. The maximum absolute atomic E-state index is 11.9. The molecule has 0 aromatic carbocycles. The Morgan fingerprint density at radius 2 is 2.21 bits per heavy atom. The summed E-state index contributed by atoms with van der Waals surface area (Å²) in [4.78, 5) is 23.1. The lowest BCUT2D eigenvalue weighted by atomic mass is 10.0. The largest absolute Gasteiger partial charge is 0.479 e. The molecule has 1 atom stereocenters. The first-order valence-electron chi connectivity index (χ1n) is 6.57. The number of nitrogens with zero attached hydrogens (tertiary/aromatic N) is 2. The van der Waals surface area contributed by atoms with E-state index in [1.807, 2.05) is 0 Å². The molecule has 1 unspecified atom stereocenters. The number of hydrogen-bond donors (Lipinski definition) is 2. The number of carboxylic acid groups (broad SMARTS) is 1. The third-order valence-electron chi connectivity index (χ3n) is 3.56. The van der Waals surface area contributed by atoms with Crippen molar-refractivity contribution < 1.29 is 14.7 Å². The first-order chi connectivity index (χ1) is 9.06. The van der Waals surface area contributed by atoms with Gasteiger partial charge in [-0.15, -0.1) is 0 Å². The van der Waals surface area contributed by atoms with Gasteiger partial charge in [-0.2, -0.15) is 5.10 Å². The summed E-state index contributed by atoms with van der Waals surface area (Å²) in [7, 11) is 1.71. The molecule has 0 bridgehead atoms. The van der Waals surface area contributed by atoms with Gasteiger partial charge in [0.1, 0.15) is 0 Å². The van der Waals surface area contributed by atoms with E-state index in [4.69, 9.17) is 0 Å². The van der Waals surface area contributed by atoms with Crippen molar-refractivity contribution in [2.24, 2.45) is 13.0 Å². The Bertz CT molecular complexity index is 463. The highest BCUT2D eigenvalue weighted by molar-refractivity contribution is 5.84.